The van der Waals surface area contributed by atoms with Gasteiger partial charge in [0.25, 0.3) is 0 Å². The second-order valence-corrected chi connectivity index (χ2v) is 4.06. The molecule has 0 bridgehead atoms. The quantitative estimate of drug-likeness (QED) is 0.776. The summed E-state index contributed by atoms with van der Waals surface area (Å²) in [6.07, 6.45) is 0. The highest BCUT2D eigenvalue weighted by Crippen LogP contribution is 2.18. The van der Waals surface area contributed by atoms with Crippen LogP contribution in [-0.4, -0.2) is 24.4 Å². The zero-order chi connectivity index (χ0) is 12.0. The van der Waals surface area contributed by atoms with Crippen LogP contribution in [0.15, 0.2) is 24.3 Å². The zero-order valence-electron chi connectivity index (χ0n) is 10.2. The highest BCUT2D eigenvalue weighted by molar-refractivity contribution is 5.29. The van der Waals surface area contributed by atoms with Gasteiger partial charge in [-0.1, -0.05) is 26.0 Å². The Morgan fingerprint density at radius 3 is 2.31 bits per heavy atom. The van der Waals surface area contributed by atoms with E-state index in [2.05, 4.69) is 19.2 Å². The van der Waals surface area contributed by atoms with E-state index >= 15 is 0 Å². The number of benzene rings is 1. The molecule has 0 aliphatic rings. The van der Waals surface area contributed by atoms with Gasteiger partial charge in [-0.15, -0.1) is 0 Å². The first-order valence-corrected chi connectivity index (χ1v) is 5.77. The van der Waals surface area contributed by atoms with Crippen molar-refractivity contribution in [1.29, 1.82) is 0 Å². The van der Waals surface area contributed by atoms with Crippen LogP contribution < -0.4 is 10.1 Å². The van der Waals surface area contributed by atoms with E-state index in [0.29, 0.717) is 12.6 Å². The first kappa shape index (κ1) is 13.0. The molecule has 2 N–H and O–H groups in total. The van der Waals surface area contributed by atoms with Crippen molar-refractivity contribution in [2.75, 3.05) is 13.2 Å². The molecular formula is C13H21NO2. The van der Waals surface area contributed by atoms with Crippen molar-refractivity contribution in [3.8, 4) is 5.75 Å². The molecule has 0 fully saturated rings. The summed E-state index contributed by atoms with van der Waals surface area (Å²) >= 11 is 0. The Bertz CT molecular complexity index is 295. The van der Waals surface area contributed by atoms with Crippen LogP contribution >= 0.6 is 0 Å². The molecule has 0 aliphatic heterocycles. The molecule has 90 valence electrons. The van der Waals surface area contributed by atoms with Gasteiger partial charge in [0, 0.05) is 6.04 Å². The van der Waals surface area contributed by atoms with E-state index in [1.54, 1.807) is 0 Å². The lowest BCUT2D eigenvalue weighted by molar-refractivity contribution is 0.237. The number of aliphatic hydroxyl groups is 1. The SMILES string of the molecule is CCOc1ccc(C(CO)NC(C)C)cc1. The molecule has 3 nitrogen and oxygen atoms in total. The van der Waals surface area contributed by atoms with Crippen molar-refractivity contribution in [2.45, 2.75) is 32.9 Å². The van der Waals surface area contributed by atoms with Crippen molar-refractivity contribution in [2.24, 2.45) is 0 Å². The second-order valence-electron chi connectivity index (χ2n) is 4.06. The molecular weight excluding hydrogens is 202 g/mol. The minimum Gasteiger partial charge on any atom is -0.494 e. The molecule has 16 heavy (non-hydrogen) atoms. The number of rotatable bonds is 6. The number of hydrogen-bond donors (Lipinski definition) is 2. The van der Waals surface area contributed by atoms with Crippen molar-refractivity contribution >= 4 is 0 Å². The summed E-state index contributed by atoms with van der Waals surface area (Å²) in [5.41, 5.74) is 1.08. The van der Waals surface area contributed by atoms with Gasteiger partial charge in [0.2, 0.25) is 0 Å². The van der Waals surface area contributed by atoms with Gasteiger partial charge in [0.1, 0.15) is 5.75 Å². The zero-order valence-corrected chi connectivity index (χ0v) is 10.2. The van der Waals surface area contributed by atoms with Crippen LogP contribution in [0.25, 0.3) is 0 Å². The fourth-order valence-corrected chi connectivity index (χ4v) is 1.62. The van der Waals surface area contributed by atoms with Crippen LogP contribution in [0.3, 0.4) is 0 Å². The normalized spacial score (nSPS) is 12.8. The van der Waals surface area contributed by atoms with Crippen molar-refractivity contribution in [3.63, 3.8) is 0 Å². The van der Waals surface area contributed by atoms with Crippen LogP contribution in [0.2, 0.25) is 0 Å². The molecule has 0 aliphatic carbocycles. The van der Waals surface area contributed by atoms with Crippen molar-refractivity contribution in [3.05, 3.63) is 29.8 Å². The summed E-state index contributed by atoms with van der Waals surface area (Å²) in [4.78, 5) is 0. The van der Waals surface area contributed by atoms with Crippen LogP contribution in [0.4, 0.5) is 0 Å². The predicted molar refractivity (Wildman–Crippen MR) is 65.7 cm³/mol. The van der Waals surface area contributed by atoms with E-state index in [1.165, 1.54) is 0 Å². The van der Waals surface area contributed by atoms with E-state index in [4.69, 9.17) is 4.74 Å². The summed E-state index contributed by atoms with van der Waals surface area (Å²) < 4.78 is 5.37. The Morgan fingerprint density at radius 2 is 1.88 bits per heavy atom. The topological polar surface area (TPSA) is 41.5 Å². The molecule has 1 aromatic carbocycles. The molecule has 0 radical (unpaired) electrons. The lowest BCUT2D eigenvalue weighted by Crippen LogP contribution is -2.30. The average molecular weight is 223 g/mol. The highest BCUT2D eigenvalue weighted by atomic mass is 16.5. The molecule has 0 heterocycles. The third-order valence-electron chi connectivity index (χ3n) is 2.31. The van der Waals surface area contributed by atoms with E-state index in [-0.39, 0.29) is 12.6 Å². The fourth-order valence-electron chi connectivity index (χ4n) is 1.62. The maximum Gasteiger partial charge on any atom is 0.119 e. The van der Waals surface area contributed by atoms with Crippen LogP contribution in [0.5, 0.6) is 5.75 Å². The Morgan fingerprint density at radius 1 is 1.25 bits per heavy atom. The summed E-state index contributed by atoms with van der Waals surface area (Å²) in [6, 6.07) is 8.19. The minimum absolute atomic E-state index is 0.00400. The minimum atomic E-state index is -0.00400. The molecule has 1 aromatic rings. The standard InChI is InChI=1S/C13H21NO2/c1-4-16-12-7-5-11(6-8-12)13(9-15)14-10(2)3/h5-8,10,13-15H,4,9H2,1-3H3. The Kier molecular flexibility index (Phi) is 5.29. The maximum atomic E-state index is 9.31. The van der Waals surface area contributed by atoms with Gasteiger partial charge in [-0.05, 0) is 24.6 Å². The lowest BCUT2D eigenvalue weighted by Gasteiger charge is -2.19. The summed E-state index contributed by atoms with van der Waals surface area (Å²) in [5.74, 6) is 0.868. The van der Waals surface area contributed by atoms with Gasteiger partial charge in [-0.25, -0.2) is 0 Å². The second kappa shape index (κ2) is 6.51. The monoisotopic (exact) mass is 223 g/mol. The van der Waals surface area contributed by atoms with E-state index < -0.39 is 0 Å². The molecule has 0 saturated carbocycles. The Balaban J connectivity index is 2.70. The molecule has 1 unspecified atom stereocenters. The molecule has 0 spiro atoms. The Hall–Kier alpha value is -1.06. The number of aliphatic hydroxyl groups excluding tert-OH is 1. The summed E-state index contributed by atoms with van der Waals surface area (Å²) in [7, 11) is 0. The molecule has 0 aromatic heterocycles. The molecule has 1 rings (SSSR count). The first-order valence-electron chi connectivity index (χ1n) is 5.77. The van der Waals surface area contributed by atoms with Gasteiger partial charge in [0.05, 0.1) is 19.3 Å². The van der Waals surface area contributed by atoms with Crippen molar-refractivity contribution in [1.82, 2.24) is 5.32 Å². The van der Waals surface area contributed by atoms with E-state index in [9.17, 15) is 5.11 Å². The fraction of sp³-hybridized carbons (Fsp3) is 0.538. The van der Waals surface area contributed by atoms with Crippen LogP contribution in [-0.2, 0) is 0 Å². The van der Waals surface area contributed by atoms with Crippen LogP contribution in [0, 0.1) is 0 Å². The van der Waals surface area contributed by atoms with Gasteiger partial charge in [-0.3, -0.25) is 0 Å². The van der Waals surface area contributed by atoms with Gasteiger partial charge in [-0.2, -0.15) is 0 Å². The highest BCUT2D eigenvalue weighted by Gasteiger charge is 2.10. The molecule has 3 heteroatoms. The maximum absolute atomic E-state index is 9.31. The van der Waals surface area contributed by atoms with Crippen molar-refractivity contribution < 1.29 is 9.84 Å². The number of hydrogen-bond acceptors (Lipinski definition) is 3. The molecule has 0 amide bonds. The molecule has 1 atom stereocenters. The lowest BCUT2D eigenvalue weighted by atomic mass is 10.1. The largest absolute Gasteiger partial charge is 0.494 e. The third kappa shape index (κ3) is 3.83. The van der Waals surface area contributed by atoms with Gasteiger partial charge in [0.15, 0.2) is 0 Å². The number of ether oxygens (including phenoxy) is 1. The van der Waals surface area contributed by atoms with E-state index in [0.717, 1.165) is 11.3 Å². The van der Waals surface area contributed by atoms with Crippen LogP contribution in [0.1, 0.15) is 32.4 Å². The molecule has 0 saturated heterocycles. The number of nitrogens with one attached hydrogen (secondary N) is 1. The van der Waals surface area contributed by atoms with Gasteiger partial charge >= 0.3 is 0 Å². The predicted octanol–water partition coefficient (Wildman–Crippen LogP) is 2.12. The summed E-state index contributed by atoms with van der Waals surface area (Å²) in [6.45, 7) is 6.87. The third-order valence-corrected chi connectivity index (χ3v) is 2.31. The average Bonchev–Trinajstić information content (AvgIpc) is 2.27. The Labute approximate surface area is 97.4 Å². The van der Waals surface area contributed by atoms with Gasteiger partial charge < -0.3 is 15.2 Å². The smallest absolute Gasteiger partial charge is 0.119 e. The first-order chi connectivity index (χ1) is 7.67. The van der Waals surface area contributed by atoms with E-state index in [1.807, 2.05) is 31.2 Å². The summed E-state index contributed by atoms with van der Waals surface area (Å²) in [5, 5.41) is 12.6.